The third-order valence-electron chi connectivity index (χ3n) is 4.62. The third kappa shape index (κ3) is 5.08. The molecule has 1 fully saturated rings. The molecule has 1 saturated carbocycles. The van der Waals surface area contributed by atoms with Gasteiger partial charge in [-0.15, -0.1) is 0 Å². The van der Waals surface area contributed by atoms with E-state index in [1.165, 1.54) is 19.3 Å². The minimum Gasteiger partial charge on any atom is -0.353 e. The van der Waals surface area contributed by atoms with Crippen LogP contribution >= 0.6 is 0 Å². The van der Waals surface area contributed by atoms with Gasteiger partial charge in [0.15, 0.2) is 0 Å². The van der Waals surface area contributed by atoms with Crippen molar-refractivity contribution in [2.75, 3.05) is 6.54 Å². The fraction of sp³-hybridized carbons (Fsp3) is 0.941. The smallest absolute Gasteiger partial charge is 0.224 e. The van der Waals surface area contributed by atoms with Crippen molar-refractivity contribution in [1.29, 1.82) is 0 Å². The van der Waals surface area contributed by atoms with Crippen LogP contribution in [0.15, 0.2) is 0 Å². The predicted molar refractivity (Wildman–Crippen MR) is 85.3 cm³/mol. The van der Waals surface area contributed by atoms with Crippen molar-refractivity contribution < 1.29 is 4.79 Å². The second-order valence-corrected chi connectivity index (χ2v) is 7.93. The highest BCUT2D eigenvalue weighted by molar-refractivity contribution is 5.79. The maximum atomic E-state index is 12.5. The molecule has 0 aromatic heterocycles. The quantitative estimate of drug-likeness (QED) is 0.812. The molecule has 118 valence electrons. The van der Waals surface area contributed by atoms with E-state index in [4.69, 9.17) is 5.73 Å². The second-order valence-electron chi connectivity index (χ2n) is 7.93. The molecule has 1 amide bonds. The summed E-state index contributed by atoms with van der Waals surface area (Å²) in [6.07, 6.45) is 5.75. The first-order chi connectivity index (χ1) is 9.25. The summed E-state index contributed by atoms with van der Waals surface area (Å²) >= 11 is 0. The number of carbonyl (C=O) groups excluding carboxylic acids is 1. The molecule has 0 saturated heterocycles. The van der Waals surface area contributed by atoms with Crippen molar-refractivity contribution >= 4 is 5.91 Å². The Morgan fingerprint density at radius 1 is 1.25 bits per heavy atom. The van der Waals surface area contributed by atoms with Gasteiger partial charge in [0, 0.05) is 12.6 Å². The van der Waals surface area contributed by atoms with Crippen LogP contribution in [0.3, 0.4) is 0 Å². The standard InChI is InChI=1S/C17H34N2O/c1-12(2)10-13(11-18)16(20)19-15-9-7-6-8-14(15)17(3,4)5/h12-15H,6-11,18H2,1-5H3,(H,19,20). The van der Waals surface area contributed by atoms with E-state index in [1.807, 2.05) is 0 Å². The van der Waals surface area contributed by atoms with Crippen molar-refractivity contribution in [3.05, 3.63) is 0 Å². The van der Waals surface area contributed by atoms with Crippen molar-refractivity contribution in [3.8, 4) is 0 Å². The molecular weight excluding hydrogens is 248 g/mol. The normalized spacial score (nSPS) is 25.6. The monoisotopic (exact) mass is 282 g/mol. The lowest BCUT2D eigenvalue weighted by molar-refractivity contribution is -0.127. The molecule has 1 aliphatic rings. The molecule has 3 atom stereocenters. The number of hydrogen-bond acceptors (Lipinski definition) is 2. The Hall–Kier alpha value is -0.570. The molecule has 0 radical (unpaired) electrons. The molecule has 20 heavy (non-hydrogen) atoms. The number of hydrogen-bond donors (Lipinski definition) is 2. The van der Waals surface area contributed by atoms with Gasteiger partial charge in [0.2, 0.25) is 5.91 Å². The van der Waals surface area contributed by atoms with Crippen molar-refractivity contribution in [2.24, 2.45) is 28.9 Å². The van der Waals surface area contributed by atoms with E-state index in [0.717, 1.165) is 12.8 Å². The van der Waals surface area contributed by atoms with E-state index < -0.39 is 0 Å². The lowest BCUT2D eigenvalue weighted by atomic mass is 9.69. The summed E-state index contributed by atoms with van der Waals surface area (Å²) in [6, 6.07) is 0.331. The summed E-state index contributed by atoms with van der Waals surface area (Å²) < 4.78 is 0. The molecule has 0 aromatic carbocycles. The molecule has 0 aromatic rings. The van der Waals surface area contributed by atoms with E-state index in [1.54, 1.807) is 0 Å². The number of carbonyl (C=O) groups is 1. The minimum absolute atomic E-state index is 0.0301. The SMILES string of the molecule is CC(C)CC(CN)C(=O)NC1CCCCC1C(C)(C)C. The zero-order valence-corrected chi connectivity index (χ0v) is 14.0. The highest BCUT2D eigenvalue weighted by Gasteiger charge is 2.35. The van der Waals surface area contributed by atoms with Crippen LogP contribution in [0.25, 0.3) is 0 Å². The zero-order chi connectivity index (χ0) is 15.3. The summed E-state index contributed by atoms with van der Waals surface area (Å²) in [5.41, 5.74) is 6.05. The molecule has 3 N–H and O–H groups in total. The Morgan fingerprint density at radius 2 is 1.85 bits per heavy atom. The minimum atomic E-state index is -0.0301. The summed E-state index contributed by atoms with van der Waals surface area (Å²) in [7, 11) is 0. The van der Waals surface area contributed by atoms with Gasteiger partial charge in [-0.1, -0.05) is 47.5 Å². The van der Waals surface area contributed by atoms with Crippen LogP contribution in [-0.4, -0.2) is 18.5 Å². The average Bonchev–Trinajstić information content (AvgIpc) is 2.34. The molecular formula is C17H34N2O. The second kappa shape index (κ2) is 7.44. The Kier molecular flexibility index (Phi) is 6.50. The largest absolute Gasteiger partial charge is 0.353 e. The Morgan fingerprint density at radius 3 is 2.35 bits per heavy atom. The number of rotatable bonds is 5. The summed E-state index contributed by atoms with van der Waals surface area (Å²) in [6.45, 7) is 11.6. The van der Waals surface area contributed by atoms with Crippen molar-refractivity contribution in [2.45, 2.75) is 72.8 Å². The Bertz CT molecular complexity index is 307. The predicted octanol–water partition coefficient (Wildman–Crippen LogP) is 3.33. The summed E-state index contributed by atoms with van der Waals surface area (Å²) in [5, 5.41) is 3.31. The molecule has 1 rings (SSSR count). The van der Waals surface area contributed by atoms with E-state index >= 15 is 0 Å². The summed E-state index contributed by atoms with van der Waals surface area (Å²) in [4.78, 5) is 12.5. The van der Waals surface area contributed by atoms with Gasteiger partial charge in [0.25, 0.3) is 0 Å². The Balaban J connectivity index is 2.66. The van der Waals surface area contributed by atoms with E-state index in [-0.39, 0.29) is 17.2 Å². The highest BCUT2D eigenvalue weighted by atomic mass is 16.2. The zero-order valence-electron chi connectivity index (χ0n) is 14.0. The maximum Gasteiger partial charge on any atom is 0.224 e. The van der Waals surface area contributed by atoms with Crippen LogP contribution in [0.1, 0.15) is 66.7 Å². The number of amides is 1. The van der Waals surface area contributed by atoms with Gasteiger partial charge in [0.1, 0.15) is 0 Å². The molecule has 3 heteroatoms. The van der Waals surface area contributed by atoms with Gasteiger partial charge in [-0.25, -0.2) is 0 Å². The lowest BCUT2D eigenvalue weighted by Gasteiger charge is -2.41. The number of nitrogens with one attached hydrogen (secondary N) is 1. The average molecular weight is 282 g/mol. The first-order valence-corrected chi connectivity index (χ1v) is 8.26. The van der Waals surface area contributed by atoms with E-state index in [0.29, 0.717) is 24.4 Å². The molecule has 1 aliphatic carbocycles. The topological polar surface area (TPSA) is 55.1 Å². The van der Waals surface area contributed by atoms with Gasteiger partial charge in [0.05, 0.1) is 5.92 Å². The molecule has 0 spiro atoms. The van der Waals surface area contributed by atoms with Crippen LogP contribution in [0.5, 0.6) is 0 Å². The molecule has 0 heterocycles. The van der Waals surface area contributed by atoms with Crippen molar-refractivity contribution in [1.82, 2.24) is 5.32 Å². The molecule has 3 unspecified atom stereocenters. The fourth-order valence-electron chi connectivity index (χ4n) is 3.52. The van der Waals surface area contributed by atoms with Crippen molar-refractivity contribution in [3.63, 3.8) is 0 Å². The first-order valence-electron chi connectivity index (χ1n) is 8.26. The van der Waals surface area contributed by atoms with Gasteiger partial charge >= 0.3 is 0 Å². The van der Waals surface area contributed by atoms with Gasteiger partial charge < -0.3 is 11.1 Å². The molecule has 0 bridgehead atoms. The fourth-order valence-corrected chi connectivity index (χ4v) is 3.52. The van der Waals surface area contributed by atoms with E-state index in [9.17, 15) is 4.79 Å². The van der Waals surface area contributed by atoms with E-state index in [2.05, 4.69) is 39.9 Å². The van der Waals surface area contributed by atoms with Crippen LogP contribution in [-0.2, 0) is 4.79 Å². The molecule has 3 nitrogen and oxygen atoms in total. The van der Waals surface area contributed by atoms with Crippen LogP contribution in [0.4, 0.5) is 0 Å². The summed E-state index contributed by atoms with van der Waals surface area (Å²) in [5.74, 6) is 1.23. The van der Waals surface area contributed by atoms with Gasteiger partial charge in [-0.05, 0) is 36.5 Å². The van der Waals surface area contributed by atoms with Crippen LogP contribution in [0.2, 0.25) is 0 Å². The Labute approximate surface area is 125 Å². The first kappa shape index (κ1) is 17.5. The van der Waals surface area contributed by atoms with Gasteiger partial charge in [-0.2, -0.15) is 0 Å². The van der Waals surface area contributed by atoms with Crippen LogP contribution < -0.4 is 11.1 Å². The third-order valence-corrected chi connectivity index (χ3v) is 4.62. The highest BCUT2D eigenvalue weighted by Crippen LogP contribution is 2.38. The van der Waals surface area contributed by atoms with Crippen LogP contribution in [0, 0.1) is 23.2 Å². The lowest BCUT2D eigenvalue weighted by Crippen LogP contribution is -2.49. The maximum absolute atomic E-state index is 12.5. The van der Waals surface area contributed by atoms with Gasteiger partial charge in [-0.3, -0.25) is 4.79 Å². The number of nitrogens with two attached hydrogens (primary N) is 1. The molecule has 0 aliphatic heterocycles.